The van der Waals surface area contributed by atoms with Crippen LogP contribution in [-0.2, 0) is 22.5 Å². The Morgan fingerprint density at radius 2 is 1.97 bits per heavy atom. The average Bonchev–Trinajstić information content (AvgIpc) is 3.15. The Labute approximate surface area is 201 Å². The Morgan fingerprint density at radius 1 is 1.26 bits per heavy atom. The van der Waals surface area contributed by atoms with Crippen molar-refractivity contribution in [1.82, 2.24) is 19.1 Å². The molecule has 1 saturated heterocycles. The fraction of sp³-hybridized carbons (Fsp3) is 0.625. The summed E-state index contributed by atoms with van der Waals surface area (Å²) in [4.78, 5) is 15.0. The summed E-state index contributed by atoms with van der Waals surface area (Å²) in [5.41, 5.74) is 2.61. The maximum Gasteiger partial charge on any atom is 0.318 e. The lowest BCUT2D eigenvalue weighted by Crippen LogP contribution is -2.57. The third-order valence-electron chi connectivity index (χ3n) is 7.55. The summed E-state index contributed by atoms with van der Waals surface area (Å²) >= 11 is 0. The van der Waals surface area contributed by atoms with Crippen molar-refractivity contribution in [2.75, 3.05) is 45.6 Å². The van der Waals surface area contributed by atoms with E-state index >= 15 is 0 Å². The molecule has 0 saturated carbocycles. The number of piperidine rings is 1. The number of urea groups is 1. The van der Waals surface area contributed by atoms with Gasteiger partial charge in [0.15, 0.2) is 0 Å². The molecule has 2 amide bonds. The van der Waals surface area contributed by atoms with Crippen LogP contribution in [0.4, 0.5) is 4.79 Å². The molecular weight excluding hydrogens is 456 g/mol. The van der Waals surface area contributed by atoms with E-state index in [1.165, 1.54) is 0 Å². The van der Waals surface area contributed by atoms with Gasteiger partial charge in [0.2, 0.25) is 10.0 Å². The van der Waals surface area contributed by atoms with E-state index in [1.54, 1.807) is 23.2 Å². The number of aromatic nitrogens is 1. The standard InChI is InChI=1S/C24H36N4O5S/c1-5-11-25-23(30)28-16-24(9-12-27(13-10-24)34(31,32)6-2)21-18-8-7-17(33-4)14-19(18)26(3)22(21)20(28)15-29/h7-8,14,20,29H,5-6,9-13,15-16H2,1-4H3,(H,25,30)/t20-/m0/s1. The number of aryl methyl sites for hydroxylation is 1. The van der Waals surface area contributed by atoms with E-state index in [9.17, 15) is 18.3 Å². The van der Waals surface area contributed by atoms with Crippen molar-refractivity contribution in [3.05, 3.63) is 29.5 Å². The molecule has 1 fully saturated rings. The lowest BCUT2D eigenvalue weighted by Gasteiger charge is -2.50. The summed E-state index contributed by atoms with van der Waals surface area (Å²) in [6.45, 7) is 5.30. The number of nitrogens with one attached hydrogen (secondary N) is 1. The van der Waals surface area contributed by atoms with Crippen LogP contribution < -0.4 is 10.1 Å². The number of carbonyl (C=O) groups excluding carboxylic acids is 1. The molecule has 9 nitrogen and oxygen atoms in total. The Morgan fingerprint density at radius 3 is 2.56 bits per heavy atom. The molecule has 1 spiro atoms. The molecule has 188 valence electrons. The number of carbonyl (C=O) groups is 1. The number of hydrogen-bond acceptors (Lipinski definition) is 5. The van der Waals surface area contributed by atoms with Crippen molar-refractivity contribution in [2.24, 2.45) is 7.05 Å². The van der Waals surface area contributed by atoms with Crippen LogP contribution in [0.15, 0.2) is 18.2 Å². The highest BCUT2D eigenvalue weighted by atomic mass is 32.2. The van der Waals surface area contributed by atoms with Gasteiger partial charge in [0.25, 0.3) is 0 Å². The number of fused-ring (bicyclic) bond motifs is 4. The van der Waals surface area contributed by atoms with Gasteiger partial charge in [-0.05, 0) is 43.9 Å². The van der Waals surface area contributed by atoms with E-state index in [1.807, 2.05) is 32.2 Å². The van der Waals surface area contributed by atoms with Gasteiger partial charge in [-0.25, -0.2) is 17.5 Å². The second-order valence-electron chi connectivity index (χ2n) is 9.34. The molecule has 2 aliphatic heterocycles. The van der Waals surface area contributed by atoms with Gasteiger partial charge in [0, 0.05) is 55.8 Å². The van der Waals surface area contributed by atoms with Gasteiger partial charge >= 0.3 is 6.03 Å². The van der Waals surface area contributed by atoms with Crippen LogP contribution in [0, 0.1) is 0 Å². The molecule has 2 aliphatic rings. The van der Waals surface area contributed by atoms with Gasteiger partial charge < -0.3 is 24.6 Å². The molecule has 34 heavy (non-hydrogen) atoms. The van der Waals surface area contributed by atoms with E-state index in [-0.39, 0.29) is 18.4 Å². The van der Waals surface area contributed by atoms with Crippen molar-refractivity contribution in [2.45, 2.75) is 44.6 Å². The summed E-state index contributed by atoms with van der Waals surface area (Å²) in [5, 5.41) is 14.5. The predicted molar refractivity (Wildman–Crippen MR) is 132 cm³/mol. The van der Waals surface area contributed by atoms with Gasteiger partial charge in [-0.2, -0.15) is 0 Å². The fourth-order valence-corrected chi connectivity index (χ4v) is 6.79. The molecule has 0 radical (unpaired) electrons. The number of benzene rings is 1. The highest BCUT2D eigenvalue weighted by Crippen LogP contribution is 2.50. The Balaban J connectivity index is 1.87. The van der Waals surface area contributed by atoms with Gasteiger partial charge in [-0.1, -0.05) is 6.92 Å². The summed E-state index contributed by atoms with van der Waals surface area (Å²) in [6.07, 6.45) is 2.04. The second kappa shape index (κ2) is 9.39. The largest absolute Gasteiger partial charge is 0.497 e. The molecule has 2 N–H and O–H groups in total. The zero-order chi connectivity index (χ0) is 24.7. The third-order valence-corrected chi connectivity index (χ3v) is 9.43. The number of amides is 2. The molecule has 0 unspecified atom stereocenters. The quantitative estimate of drug-likeness (QED) is 0.644. The molecule has 4 rings (SSSR count). The number of rotatable bonds is 6. The van der Waals surface area contributed by atoms with Gasteiger partial charge in [-0.15, -0.1) is 0 Å². The van der Waals surface area contributed by atoms with E-state index < -0.39 is 21.5 Å². The monoisotopic (exact) mass is 492 g/mol. The summed E-state index contributed by atoms with van der Waals surface area (Å²) in [6, 6.07) is 5.27. The Kier molecular flexibility index (Phi) is 6.85. The minimum atomic E-state index is -3.28. The zero-order valence-electron chi connectivity index (χ0n) is 20.5. The molecule has 0 aliphatic carbocycles. The first-order valence-corrected chi connectivity index (χ1v) is 13.6. The minimum absolute atomic E-state index is 0.0808. The molecule has 10 heteroatoms. The number of aliphatic hydroxyl groups is 1. The number of sulfonamides is 1. The number of methoxy groups -OCH3 is 1. The van der Waals surface area contributed by atoms with Crippen molar-refractivity contribution in [3.8, 4) is 5.75 Å². The first-order chi connectivity index (χ1) is 16.2. The third kappa shape index (κ3) is 3.95. The summed E-state index contributed by atoms with van der Waals surface area (Å²) in [7, 11) is 0.311. The number of hydrogen-bond donors (Lipinski definition) is 2. The van der Waals surface area contributed by atoms with Crippen LogP contribution in [0.3, 0.4) is 0 Å². The predicted octanol–water partition coefficient (Wildman–Crippen LogP) is 2.34. The van der Waals surface area contributed by atoms with Gasteiger partial charge in [0.1, 0.15) is 5.75 Å². The van der Waals surface area contributed by atoms with E-state index in [0.717, 1.165) is 34.3 Å². The van der Waals surface area contributed by atoms with Crippen molar-refractivity contribution in [1.29, 1.82) is 0 Å². The van der Waals surface area contributed by atoms with Crippen molar-refractivity contribution in [3.63, 3.8) is 0 Å². The molecular formula is C24H36N4O5S. The number of aliphatic hydroxyl groups excluding tert-OH is 1. The Bertz CT molecular complexity index is 1170. The summed E-state index contributed by atoms with van der Waals surface area (Å²) < 4.78 is 34.2. The molecule has 3 heterocycles. The van der Waals surface area contributed by atoms with Crippen LogP contribution in [0.25, 0.3) is 10.9 Å². The maximum absolute atomic E-state index is 13.2. The Hall–Kier alpha value is -2.30. The van der Waals surface area contributed by atoms with Crippen LogP contribution in [-0.4, -0.2) is 79.0 Å². The topological polar surface area (TPSA) is 104 Å². The van der Waals surface area contributed by atoms with Crippen LogP contribution in [0.5, 0.6) is 5.75 Å². The van der Waals surface area contributed by atoms with E-state index in [4.69, 9.17) is 4.74 Å². The van der Waals surface area contributed by atoms with Gasteiger partial charge in [-0.3, -0.25) is 0 Å². The number of nitrogens with zero attached hydrogens (tertiary/aromatic N) is 3. The first kappa shape index (κ1) is 24.8. The SMILES string of the molecule is CCCNC(=O)N1CC2(CCN(S(=O)(=O)CC)CC2)c2c(n(C)c3cc(OC)ccc23)[C@@H]1CO. The smallest absolute Gasteiger partial charge is 0.318 e. The van der Waals surface area contributed by atoms with E-state index in [0.29, 0.717) is 39.0 Å². The first-order valence-electron chi connectivity index (χ1n) is 12.0. The highest BCUT2D eigenvalue weighted by Gasteiger charge is 2.50. The number of ether oxygens (including phenoxy) is 1. The zero-order valence-corrected chi connectivity index (χ0v) is 21.3. The minimum Gasteiger partial charge on any atom is -0.497 e. The van der Waals surface area contributed by atoms with Gasteiger partial charge in [0.05, 0.1) is 31.0 Å². The molecule has 2 aromatic rings. The van der Waals surface area contributed by atoms with E-state index in [2.05, 4.69) is 9.88 Å². The van der Waals surface area contributed by atoms with Crippen molar-refractivity contribution < 1.29 is 23.1 Å². The molecule has 1 aromatic carbocycles. The second-order valence-corrected chi connectivity index (χ2v) is 11.6. The van der Waals surface area contributed by atoms with Crippen LogP contribution in [0.1, 0.15) is 50.4 Å². The summed E-state index contributed by atoms with van der Waals surface area (Å²) in [5.74, 6) is 0.818. The normalized spacial score (nSPS) is 20.5. The van der Waals surface area contributed by atoms with Crippen LogP contribution >= 0.6 is 0 Å². The molecule has 1 atom stereocenters. The van der Waals surface area contributed by atoms with Crippen LogP contribution in [0.2, 0.25) is 0 Å². The highest BCUT2D eigenvalue weighted by molar-refractivity contribution is 7.89. The molecule has 1 aromatic heterocycles. The van der Waals surface area contributed by atoms with Crippen molar-refractivity contribution >= 4 is 27.0 Å². The lowest BCUT2D eigenvalue weighted by atomic mass is 9.68. The molecule has 0 bridgehead atoms. The lowest BCUT2D eigenvalue weighted by molar-refractivity contribution is 0.0784. The fourth-order valence-electron chi connectivity index (χ4n) is 5.69. The maximum atomic E-state index is 13.2. The average molecular weight is 493 g/mol.